The van der Waals surface area contributed by atoms with Crippen LogP contribution in [0.1, 0.15) is 54.7 Å². The lowest BCUT2D eigenvalue weighted by Gasteiger charge is -2.08. The molecule has 5 nitrogen and oxygen atoms in total. The van der Waals surface area contributed by atoms with Gasteiger partial charge in [-0.1, -0.05) is 17.8 Å². The Bertz CT molecular complexity index is 709. The number of hydrogen-bond donors (Lipinski definition) is 0. The molecule has 2 saturated carbocycles. The van der Waals surface area contributed by atoms with Gasteiger partial charge in [0, 0.05) is 23.9 Å². The van der Waals surface area contributed by atoms with E-state index in [0.29, 0.717) is 23.4 Å². The summed E-state index contributed by atoms with van der Waals surface area (Å²) >= 11 is 1.66. The van der Waals surface area contributed by atoms with Crippen LogP contribution >= 0.6 is 11.8 Å². The minimum absolute atomic E-state index is 0.505. The third kappa shape index (κ3) is 2.54. The van der Waals surface area contributed by atoms with Gasteiger partial charge in [0.15, 0.2) is 5.16 Å². The minimum atomic E-state index is 0.505. The first-order chi connectivity index (χ1) is 10.4. The number of pyridine rings is 1. The van der Waals surface area contributed by atoms with E-state index in [1.807, 2.05) is 12.1 Å². The second-order valence-corrected chi connectivity index (χ2v) is 6.57. The van der Waals surface area contributed by atoms with Crippen molar-refractivity contribution < 1.29 is 0 Å². The van der Waals surface area contributed by atoms with Gasteiger partial charge < -0.3 is 4.57 Å². The summed E-state index contributed by atoms with van der Waals surface area (Å²) in [5.74, 6) is 2.51. The fourth-order valence-corrected chi connectivity index (χ4v) is 3.48. The van der Waals surface area contributed by atoms with Crippen molar-refractivity contribution in [3.8, 4) is 6.07 Å². The predicted molar refractivity (Wildman–Crippen MR) is 78.8 cm³/mol. The number of nitrogens with zero attached hydrogens (tertiary/aromatic N) is 5. The van der Waals surface area contributed by atoms with E-state index in [9.17, 15) is 0 Å². The van der Waals surface area contributed by atoms with E-state index < -0.39 is 0 Å². The van der Waals surface area contributed by atoms with Gasteiger partial charge in [-0.25, -0.2) is 4.98 Å². The van der Waals surface area contributed by atoms with E-state index in [-0.39, 0.29) is 0 Å². The second-order valence-electron chi connectivity index (χ2n) is 5.63. The number of thioether (sulfide) groups is 1. The summed E-state index contributed by atoms with van der Waals surface area (Å²) in [5.41, 5.74) is 1.47. The molecule has 0 N–H and O–H groups in total. The van der Waals surface area contributed by atoms with E-state index in [1.165, 1.54) is 31.5 Å². The molecule has 2 heterocycles. The highest BCUT2D eigenvalue weighted by Crippen LogP contribution is 2.46. The molecule has 0 bridgehead atoms. The van der Waals surface area contributed by atoms with Crippen molar-refractivity contribution in [3.05, 3.63) is 35.4 Å². The van der Waals surface area contributed by atoms with Crippen molar-refractivity contribution in [2.24, 2.45) is 0 Å². The van der Waals surface area contributed by atoms with Crippen LogP contribution in [0.4, 0.5) is 0 Å². The Hall–Kier alpha value is -1.87. The Labute approximate surface area is 127 Å². The molecule has 0 amide bonds. The Morgan fingerprint density at radius 3 is 2.86 bits per heavy atom. The maximum atomic E-state index is 9.10. The predicted octanol–water partition coefficient (Wildman–Crippen LogP) is 3.05. The Kier molecular flexibility index (Phi) is 3.15. The van der Waals surface area contributed by atoms with Crippen LogP contribution in [0, 0.1) is 11.3 Å². The fourth-order valence-electron chi connectivity index (χ4n) is 2.48. The van der Waals surface area contributed by atoms with Gasteiger partial charge >= 0.3 is 0 Å². The van der Waals surface area contributed by atoms with E-state index in [4.69, 9.17) is 5.26 Å². The first-order valence-electron chi connectivity index (χ1n) is 7.28. The third-order valence-corrected chi connectivity index (χ3v) is 4.89. The number of rotatable bonds is 5. The molecule has 2 aliphatic rings. The molecule has 0 aromatic carbocycles. The zero-order valence-corrected chi connectivity index (χ0v) is 12.4. The highest BCUT2D eigenvalue weighted by Gasteiger charge is 2.36. The molecular formula is C15H15N5S. The smallest absolute Gasteiger partial charge is 0.191 e. The zero-order valence-electron chi connectivity index (χ0n) is 11.6. The average molecular weight is 297 g/mol. The molecule has 2 aliphatic carbocycles. The van der Waals surface area contributed by atoms with Crippen LogP contribution in [0.3, 0.4) is 0 Å². The van der Waals surface area contributed by atoms with E-state index >= 15 is 0 Å². The molecule has 4 rings (SSSR count). The third-order valence-electron chi connectivity index (χ3n) is 3.90. The molecule has 0 unspecified atom stereocenters. The van der Waals surface area contributed by atoms with Gasteiger partial charge in [0.2, 0.25) is 0 Å². The summed E-state index contributed by atoms with van der Waals surface area (Å²) in [4.78, 5) is 4.11. The lowest BCUT2D eigenvalue weighted by Crippen LogP contribution is -2.02. The standard InChI is InChI=1S/C15H15N5S/c16-8-13-11(2-1-7-17-13)9-21-15-19-18-14(10-3-4-10)20(15)12-5-6-12/h1-2,7,10,12H,3-6,9H2. The van der Waals surface area contributed by atoms with Gasteiger partial charge in [0.25, 0.3) is 0 Å². The molecule has 2 aromatic heterocycles. The average Bonchev–Trinajstić information content (AvgIpc) is 3.44. The van der Waals surface area contributed by atoms with Crippen LogP contribution in [0.15, 0.2) is 23.5 Å². The normalized spacial score (nSPS) is 17.7. The summed E-state index contributed by atoms with van der Waals surface area (Å²) in [6, 6.07) is 6.58. The van der Waals surface area contributed by atoms with Crippen molar-refractivity contribution in [3.63, 3.8) is 0 Å². The molecule has 6 heteroatoms. The van der Waals surface area contributed by atoms with Crippen LogP contribution in [0.5, 0.6) is 0 Å². The molecule has 2 fully saturated rings. The maximum absolute atomic E-state index is 9.10. The molecule has 0 spiro atoms. The van der Waals surface area contributed by atoms with Crippen molar-refractivity contribution in [2.75, 3.05) is 0 Å². The summed E-state index contributed by atoms with van der Waals surface area (Å²) in [6.07, 6.45) is 6.63. The Balaban J connectivity index is 1.56. The van der Waals surface area contributed by atoms with Crippen LogP contribution in [-0.2, 0) is 5.75 Å². The van der Waals surface area contributed by atoms with Crippen LogP contribution in [0.25, 0.3) is 0 Å². The van der Waals surface area contributed by atoms with Gasteiger partial charge in [0.05, 0.1) is 0 Å². The molecule has 0 saturated heterocycles. The Morgan fingerprint density at radius 2 is 2.14 bits per heavy atom. The van der Waals surface area contributed by atoms with Gasteiger partial charge in [-0.2, -0.15) is 5.26 Å². The van der Waals surface area contributed by atoms with Crippen molar-refractivity contribution in [1.29, 1.82) is 5.26 Å². The summed E-state index contributed by atoms with van der Waals surface area (Å²) in [7, 11) is 0. The monoisotopic (exact) mass is 297 g/mol. The molecule has 0 aliphatic heterocycles. The van der Waals surface area contributed by atoms with Gasteiger partial charge in [-0.05, 0) is 37.3 Å². The topological polar surface area (TPSA) is 67.4 Å². The number of nitriles is 1. The number of aromatic nitrogens is 4. The SMILES string of the molecule is N#Cc1ncccc1CSc1nnc(C2CC2)n1C1CC1. The second kappa shape index (κ2) is 5.15. The molecule has 2 aromatic rings. The largest absolute Gasteiger partial charge is 0.303 e. The van der Waals surface area contributed by atoms with E-state index in [0.717, 1.165) is 10.7 Å². The highest BCUT2D eigenvalue weighted by molar-refractivity contribution is 7.98. The van der Waals surface area contributed by atoms with Crippen LogP contribution in [-0.4, -0.2) is 19.7 Å². The summed E-state index contributed by atoms with van der Waals surface area (Å²) < 4.78 is 2.34. The maximum Gasteiger partial charge on any atom is 0.191 e. The van der Waals surface area contributed by atoms with Crippen molar-refractivity contribution >= 4 is 11.8 Å². The van der Waals surface area contributed by atoms with Gasteiger partial charge in [0.1, 0.15) is 17.6 Å². The molecule has 0 atom stereocenters. The van der Waals surface area contributed by atoms with E-state index in [2.05, 4.69) is 25.8 Å². The molecule has 0 radical (unpaired) electrons. The highest BCUT2D eigenvalue weighted by atomic mass is 32.2. The Morgan fingerprint density at radius 1 is 1.29 bits per heavy atom. The quantitative estimate of drug-likeness (QED) is 0.793. The number of hydrogen-bond acceptors (Lipinski definition) is 5. The van der Waals surface area contributed by atoms with Crippen molar-refractivity contribution in [1.82, 2.24) is 19.7 Å². The fraction of sp³-hybridized carbons (Fsp3) is 0.467. The molecule has 106 valence electrons. The summed E-state index contributed by atoms with van der Waals surface area (Å²) in [6.45, 7) is 0. The minimum Gasteiger partial charge on any atom is -0.303 e. The van der Waals surface area contributed by atoms with Gasteiger partial charge in [-0.3, -0.25) is 0 Å². The van der Waals surface area contributed by atoms with E-state index in [1.54, 1.807) is 18.0 Å². The summed E-state index contributed by atoms with van der Waals surface area (Å²) in [5, 5.41) is 18.9. The van der Waals surface area contributed by atoms with Gasteiger partial charge in [-0.15, -0.1) is 10.2 Å². The van der Waals surface area contributed by atoms with Crippen LogP contribution < -0.4 is 0 Å². The van der Waals surface area contributed by atoms with Crippen molar-refractivity contribution in [2.45, 2.75) is 48.6 Å². The van der Waals surface area contributed by atoms with Crippen LogP contribution in [0.2, 0.25) is 0 Å². The lowest BCUT2D eigenvalue weighted by atomic mass is 10.2. The zero-order chi connectivity index (χ0) is 14.2. The first kappa shape index (κ1) is 12.8. The molecule has 21 heavy (non-hydrogen) atoms. The lowest BCUT2D eigenvalue weighted by molar-refractivity contribution is 0.627. The first-order valence-corrected chi connectivity index (χ1v) is 8.27. The molecular weight excluding hydrogens is 282 g/mol.